The van der Waals surface area contributed by atoms with Gasteiger partial charge in [-0.2, -0.15) is 0 Å². The molecule has 0 aromatic carbocycles. The third kappa shape index (κ3) is 1.82. The molecular formula is C17H26O2. The lowest BCUT2D eigenvalue weighted by Crippen LogP contribution is -2.47. The van der Waals surface area contributed by atoms with E-state index >= 15 is 0 Å². The van der Waals surface area contributed by atoms with E-state index in [4.69, 9.17) is 0 Å². The highest BCUT2D eigenvalue weighted by Gasteiger charge is 2.56. The Labute approximate surface area is 116 Å². The van der Waals surface area contributed by atoms with Gasteiger partial charge in [-0.05, 0) is 62.2 Å². The van der Waals surface area contributed by atoms with E-state index in [1.54, 1.807) is 6.92 Å². The molecule has 3 rings (SSSR count). The molecule has 0 aromatic heterocycles. The first-order chi connectivity index (χ1) is 8.95. The molecule has 0 N–H and O–H groups in total. The van der Waals surface area contributed by atoms with Gasteiger partial charge in [0.05, 0.1) is 0 Å². The quantitative estimate of drug-likeness (QED) is 0.723. The highest BCUT2D eigenvalue weighted by Crippen LogP contribution is 2.62. The molecule has 3 aliphatic rings. The summed E-state index contributed by atoms with van der Waals surface area (Å²) in [7, 11) is 0. The molecule has 19 heavy (non-hydrogen) atoms. The van der Waals surface area contributed by atoms with Crippen LogP contribution in [0.15, 0.2) is 0 Å². The minimum Gasteiger partial charge on any atom is -0.300 e. The van der Waals surface area contributed by atoms with Crippen molar-refractivity contribution in [2.45, 2.75) is 59.3 Å². The number of hydrogen-bond acceptors (Lipinski definition) is 2. The van der Waals surface area contributed by atoms with Crippen LogP contribution < -0.4 is 0 Å². The third-order valence-corrected chi connectivity index (χ3v) is 6.86. The molecule has 0 saturated heterocycles. The first-order valence-corrected chi connectivity index (χ1v) is 7.98. The topological polar surface area (TPSA) is 34.1 Å². The molecule has 0 amide bonds. The first kappa shape index (κ1) is 13.3. The van der Waals surface area contributed by atoms with E-state index < -0.39 is 0 Å². The van der Waals surface area contributed by atoms with Crippen molar-refractivity contribution in [2.24, 2.45) is 35.0 Å². The van der Waals surface area contributed by atoms with E-state index in [-0.39, 0.29) is 17.3 Å². The number of hydrogen-bond donors (Lipinski definition) is 0. The van der Waals surface area contributed by atoms with Crippen LogP contribution in [0.1, 0.15) is 59.3 Å². The average molecular weight is 262 g/mol. The molecule has 0 heterocycles. The number of carbonyl (C=O) groups excluding carboxylic acids is 2. The fourth-order valence-electron chi connectivity index (χ4n) is 5.80. The molecule has 0 radical (unpaired) electrons. The molecule has 0 spiro atoms. The van der Waals surface area contributed by atoms with Gasteiger partial charge in [0.15, 0.2) is 0 Å². The van der Waals surface area contributed by atoms with E-state index in [1.165, 1.54) is 6.42 Å². The maximum absolute atomic E-state index is 11.9. The van der Waals surface area contributed by atoms with Crippen LogP contribution >= 0.6 is 0 Å². The van der Waals surface area contributed by atoms with Crippen molar-refractivity contribution < 1.29 is 9.59 Å². The fourth-order valence-corrected chi connectivity index (χ4v) is 5.80. The van der Waals surface area contributed by atoms with Crippen LogP contribution in [0.4, 0.5) is 0 Å². The summed E-state index contributed by atoms with van der Waals surface area (Å²) in [5.74, 6) is 3.41. The number of carbonyl (C=O) groups is 2. The molecule has 106 valence electrons. The van der Waals surface area contributed by atoms with Gasteiger partial charge >= 0.3 is 0 Å². The molecule has 0 bridgehead atoms. The van der Waals surface area contributed by atoms with Gasteiger partial charge in [0.2, 0.25) is 0 Å². The van der Waals surface area contributed by atoms with Crippen LogP contribution in [0.25, 0.3) is 0 Å². The van der Waals surface area contributed by atoms with Crippen LogP contribution in [-0.4, -0.2) is 11.6 Å². The van der Waals surface area contributed by atoms with E-state index in [9.17, 15) is 9.59 Å². The van der Waals surface area contributed by atoms with Crippen molar-refractivity contribution in [3.05, 3.63) is 0 Å². The van der Waals surface area contributed by atoms with Crippen LogP contribution in [0, 0.1) is 35.0 Å². The van der Waals surface area contributed by atoms with Gasteiger partial charge < -0.3 is 0 Å². The largest absolute Gasteiger partial charge is 0.300 e. The van der Waals surface area contributed by atoms with E-state index in [2.05, 4.69) is 13.8 Å². The normalized spacial score (nSPS) is 49.6. The van der Waals surface area contributed by atoms with E-state index in [0.717, 1.165) is 32.1 Å². The second-order valence-electron chi connectivity index (χ2n) is 7.51. The number of rotatable bonds is 1. The standard InChI is InChI=1S/C17H26O2/c1-10-12-8-9-17(3)14(11(2)18)5-6-15(17)13(12)4-7-16(10)19/h10,12-15H,4-9H2,1-3H3/t10-,12-,13-,14+,15+,17-/m1/s1. The fraction of sp³-hybridized carbons (Fsp3) is 0.882. The third-order valence-electron chi connectivity index (χ3n) is 6.86. The molecule has 6 atom stereocenters. The zero-order chi connectivity index (χ0) is 13.8. The Hall–Kier alpha value is -0.660. The highest BCUT2D eigenvalue weighted by molar-refractivity contribution is 5.82. The van der Waals surface area contributed by atoms with Gasteiger partial charge in [-0.1, -0.05) is 13.8 Å². The van der Waals surface area contributed by atoms with Gasteiger partial charge in [0.1, 0.15) is 11.6 Å². The molecule has 3 fully saturated rings. The molecule has 3 aliphatic carbocycles. The summed E-state index contributed by atoms with van der Waals surface area (Å²) in [5.41, 5.74) is 0.229. The van der Waals surface area contributed by atoms with Crippen molar-refractivity contribution in [3.8, 4) is 0 Å². The molecule has 3 saturated carbocycles. The maximum atomic E-state index is 11.9. The van der Waals surface area contributed by atoms with Crippen molar-refractivity contribution in [2.75, 3.05) is 0 Å². The van der Waals surface area contributed by atoms with Crippen molar-refractivity contribution in [1.82, 2.24) is 0 Å². The first-order valence-electron chi connectivity index (χ1n) is 7.98. The van der Waals surface area contributed by atoms with Gasteiger partial charge in [-0.3, -0.25) is 9.59 Å². The lowest BCUT2D eigenvalue weighted by Gasteiger charge is -2.51. The second kappa shape index (κ2) is 4.43. The highest BCUT2D eigenvalue weighted by atomic mass is 16.1. The summed E-state index contributed by atoms with van der Waals surface area (Å²) < 4.78 is 0. The van der Waals surface area contributed by atoms with Crippen LogP contribution in [-0.2, 0) is 9.59 Å². The summed E-state index contributed by atoms with van der Waals surface area (Å²) in [6, 6.07) is 0. The van der Waals surface area contributed by atoms with Crippen molar-refractivity contribution in [3.63, 3.8) is 0 Å². The maximum Gasteiger partial charge on any atom is 0.135 e. The summed E-state index contributed by atoms with van der Waals surface area (Å²) in [5, 5.41) is 0. The van der Waals surface area contributed by atoms with Crippen LogP contribution in [0.5, 0.6) is 0 Å². The van der Waals surface area contributed by atoms with Crippen molar-refractivity contribution >= 4 is 11.6 Å². The zero-order valence-corrected chi connectivity index (χ0v) is 12.4. The van der Waals surface area contributed by atoms with E-state index in [0.29, 0.717) is 29.3 Å². The summed E-state index contributed by atoms with van der Waals surface area (Å²) >= 11 is 0. The molecule has 0 unspecified atom stereocenters. The van der Waals surface area contributed by atoms with E-state index in [1.807, 2.05) is 0 Å². The predicted molar refractivity (Wildman–Crippen MR) is 74.6 cm³/mol. The molecular weight excluding hydrogens is 236 g/mol. The second-order valence-corrected chi connectivity index (χ2v) is 7.51. The summed E-state index contributed by atoms with van der Waals surface area (Å²) in [6.07, 6.45) is 6.47. The van der Waals surface area contributed by atoms with Gasteiger partial charge in [-0.25, -0.2) is 0 Å². The smallest absolute Gasteiger partial charge is 0.135 e. The SMILES string of the molecule is CC(=O)[C@@H]1CC[C@H]2[C@@H]3CCC(=O)[C@H](C)[C@H]3CC[C@]12C. The zero-order valence-electron chi connectivity index (χ0n) is 12.4. The summed E-state index contributed by atoms with van der Waals surface area (Å²) in [4.78, 5) is 23.9. The molecule has 0 aromatic rings. The van der Waals surface area contributed by atoms with Gasteiger partial charge in [0, 0.05) is 18.3 Å². The van der Waals surface area contributed by atoms with Crippen LogP contribution in [0.3, 0.4) is 0 Å². The lowest BCUT2D eigenvalue weighted by atomic mass is 9.53. The Morgan fingerprint density at radius 2 is 1.89 bits per heavy atom. The Kier molecular flexibility index (Phi) is 3.11. The minimum atomic E-state index is 0.229. The molecule has 2 heteroatoms. The van der Waals surface area contributed by atoms with Gasteiger partial charge in [-0.15, -0.1) is 0 Å². The lowest BCUT2D eigenvalue weighted by molar-refractivity contribution is -0.135. The van der Waals surface area contributed by atoms with Crippen LogP contribution in [0.2, 0.25) is 0 Å². The Bertz CT molecular complexity index is 413. The monoisotopic (exact) mass is 262 g/mol. The number of ketones is 2. The predicted octanol–water partition coefficient (Wildman–Crippen LogP) is 3.63. The summed E-state index contributed by atoms with van der Waals surface area (Å²) in [6.45, 7) is 6.27. The molecule has 2 nitrogen and oxygen atoms in total. The Morgan fingerprint density at radius 1 is 1.16 bits per heavy atom. The number of fused-ring (bicyclic) bond motifs is 3. The van der Waals surface area contributed by atoms with Gasteiger partial charge in [0.25, 0.3) is 0 Å². The number of Topliss-reactive ketones (excluding diaryl/α,β-unsaturated/α-hetero) is 2. The van der Waals surface area contributed by atoms with Crippen molar-refractivity contribution in [1.29, 1.82) is 0 Å². The Morgan fingerprint density at radius 3 is 2.58 bits per heavy atom. The molecule has 0 aliphatic heterocycles. The minimum absolute atomic E-state index is 0.229. The Balaban J connectivity index is 1.88. The average Bonchev–Trinajstić information content (AvgIpc) is 2.71.